The van der Waals surface area contributed by atoms with Crippen LogP contribution in [0.15, 0.2) is 30.6 Å². The minimum absolute atomic E-state index is 0.0536. The molecule has 0 radical (unpaired) electrons. The molecule has 0 aromatic carbocycles. The first kappa shape index (κ1) is 21.5. The second-order valence-corrected chi connectivity index (χ2v) is 8.59. The molecule has 2 amide bonds. The molecule has 0 spiro atoms. The Morgan fingerprint density at radius 2 is 1.97 bits per heavy atom. The maximum atomic E-state index is 12.8. The van der Waals surface area contributed by atoms with Gasteiger partial charge in [-0.25, -0.2) is 4.98 Å². The number of carbonyl (C=O) groups excluding carboxylic acids is 3. The Morgan fingerprint density at radius 3 is 2.71 bits per heavy atom. The molecule has 31 heavy (non-hydrogen) atoms. The summed E-state index contributed by atoms with van der Waals surface area (Å²) in [5, 5.41) is 3.33. The van der Waals surface area contributed by atoms with Crippen molar-refractivity contribution in [2.24, 2.45) is 5.92 Å². The number of H-pyrrole nitrogens is 1. The molecule has 164 valence electrons. The summed E-state index contributed by atoms with van der Waals surface area (Å²) in [5.74, 6) is 0.0361. The van der Waals surface area contributed by atoms with Gasteiger partial charge in [-0.2, -0.15) is 0 Å². The Kier molecular flexibility index (Phi) is 6.67. The lowest BCUT2D eigenvalue weighted by Gasteiger charge is -2.31. The molecule has 8 nitrogen and oxygen atoms in total. The normalized spacial score (nSPS) is 19.4. The van der Waals surface area contributed by atoms with E-state index in [4.69, 9.17) is 11.6 Å². The van der Waals surface area contributed by atoms with Crippen molar-refractivity contribution in [2.45, 2.75) is 25.7 Å². The van der Waals surface area contributed by atoms with Gasteiger partial charge < -0.3 is 15.2 Å². The second-order valence-electron chi connectivity index (χ2n) is 8.15. The van der Waals surface area contributed by atoms with Crippen molar-refractivity contribution in [3.63, 3.8) is 0 Å². The van der Waals surface area contributed by atoms with Crippen molar-refractivity contribution in [1.82, 2.24) is 19.8 Å². The minimum atomic E-state index is -0.211. The van der Waals surface area contributed by atoms with Gasteiger partial charge in [0, 0.05) is 37.6 Å². The summed E-state index contributed by atoms with van der Waals surface area (Å²) < 4.78 is 0. The van der Waals surface area contributed by atoms with Crippen LogP contribution in [0.2, 0.25) is 5.02 Å². The summed E-state index contributed by atoms with van der Waals surface area (Å²) in [5.41, 5.74) is 0.955. The fourth-order valence-corrected chi connectivity index (χ4v) is 4.27. The molecule has 4 rings (SSSR count). The van der Waals surface area contributed by atoms with Crippen LogP contribution in [0.1, 0.15) is 46.5 Å². The van der Waals surface area contributed by atoms with Crippen molar-refractivity contribution in [2.75, 3.05) is 38.0 Å². The lowest BCUT2D eigenvalue weighted by Crippen LogP contribution is -2.42. The molecule has 2 aliphatic rings. The number of piperidine rings is 1. The van der Waals surface area contributed by atoms with Crippen molar-refractivity contribution < 1.29 is 14.4 Å². The summed E-state index contributed by atoms with van der Waals surface area (Å²) in [6.07, 6.45) is 6.74. The van der Waals surface area contributed by atoms with Crippen LogP contribution in [0.3, 0.4) is 0 Å². The molecule has 2 aliphatic heterocycles. The van der Waals surface area contributed by atoms with Gasteiger partial charge in [0.05, 0.1) is 17.5 Å². The first-order valence-electron chi connectivity index (χ1n) is 10.7. The van der Waals surface area contributed by atoms with Crippen LogP contribution >= 0.6 is 11.6 Å². The summed E-state index contributed by atoms with van der Waals surface area (Å²) in [6, 6.07) is 4.98. The number of anilines is 1. The van der Waals surface area contributed by atoms with Gasteiger partial charge in [0.1, 0.15) is 11.5 Å². The Hall–Kier alpha value is -2.71. The Balaban J connectivity index is 1.31. The average Bonchev–Trinajstić information content (AvgIpc) is 3.48. The van der Waals surface area contributed by atoms with Crippen LogP contribution in [0.4, 0.5) is 5.82 Å². The van der Waals surface area contributed by atoms with Gasteiger partial charge >= 0.3 is 0 Å². The van der Waals surface area contributed by atoms with Crippen LogP contribution in [0.25, 0.3) is 0 Å². The van der Waals surface area contributed by atoms with Crippen LogP contribution in [0, 0.1) is 5.92 Å². The van der Waals surface area contributed by atoms with Gasteiger partial charge in [0.15, 0.2) is 5.78 Å². The highest BCUT2D eigenvalue weighted by atomic mass is 35.5. The van der Waals surface area contributed by atoms with E-state index < -0.39 is 0 Å². The summed E-state index contributed by atoms with van der Waals surface area (Å²) in [7, 11) is 0. The third-order valence-corrected chi connectivity index (χ3v) is 6.07. The van der Waals surface area contributed by atoms with Gasteiger partial charge in [0.2, 0.25) is 5.91 Å². The number of aromatic amines is 1. The fourth-order valence-electron chi connectivity index (χ4n) is 4.15. The number of rotatable bonds is 6. The number of Topliss-reactive ketones (excluding diaryl/α,β-unsaturated/α-hetero) is 1. The first-order valence-corrected chi connectivity index (χ1v) is 11.0. The van der Waals surface area contributed by atoms with Crippen molar-refractivity contribution in [3.05, 3.63) is 46.9 Å². The Bertz CT molecular complexity index is 952. The van der Waals surface area contributed by atoms with Crippen LogP contribution < -0.4 is 5.32 Å². The standard InChI is InChI=1S/C22H26ClN5O3/c23-17-5-6-20(25-12-17)26-21(30)15-4-3-7-27(13-15)14-19(29)16-10-18(24-11-16)22(31)28-8-1-2-9-28/h5-6,10-12,15,24H,1-4,7-9,13-14H2,(H,25,26,30). The van der Waals surface area contributed by atoms with E-state index in [1.807, 2.05) is 9.80 Å². The third kappa shape index (κ3) is 5.32. The predicted octanol–water partition coefficient (Wildman–Crippen LogP) is 2.83. The van der Waals surface area contributed by atoms with Crippen molar-refractivity contribution >= 4 is 35.0 Å². The highest BCUT2D eigenvalue weighted by Crippen LogP contribution is 2.20. The molecule has 1 unspecified atom stereocenters. The largest absolute Gasteiger partial charge is 0.356 e. The monoisotopic (exact) mass is 443 g/mol. The predicted molar refractivity (Wildman–Crippen MR) is 117 cm³/mol. The van der Waals surface area contributed by atoms with Crippen LogP contribution in [-0.2, 0) is 4.79 Å². The smallest absolute Gasteiger partial charge is 0.270 e. The molecule has 4 heterocycles. The molecule has 2 saturated heterocycles. The Labute approximate surface area is 186 Å². The van der Waals surface area contributed by atoms with E-state index >= 15 is 0 Å². The quantitative estimate of drug-likeness (QED) is 0.669. The number of hydrogen-bond donors (Lipinski definition) is 2. The second kappa shape index (κ2) is 9.62. The van der Waals surface area contributed by atoms with Gasteiger partial charge in [0.25, 0.3) is 5.91 Å². The molecule has 2 aromatic heterocycles. The highest BCUT2D eigenvalue weighted by Gasteiger charge is 2.28. The SMILES string of the molecule is O=C(CN1CCCC(C(=O)Nc2ccc(Cl)cn2)C1)c1c[nH]c(C(=O)N2CCCC2)c1. The van der Waals surface area contributed by atoms with Crippen LogP contribution in [-0.4, -0.2) is 70.1 Å². The van der Waals surface area contributed by atoms with Crippen molar-refractivity contribution in [1.29, 1.82) is 0 Å². The number of carbonyl (C=O) groups is 3. The number of halogens is 1. The number of hydrogen-bond acceptors (Lipinski definition) is 5. The fraction of sp³-hybridized carbons (Fsp3) is 0.455. The third-order valence-electron chi connectivity index (χ3n) is 5.85. The molecule has 0 saturated carbocycles. The molecule has 1 atom stereocenters. The minimum Gasteiger partial charge on any atom is -0.356 e. The number of ketones is 1. The summed E-state index contributed by atoms with van der Waals surface area (Å²) in [4.78, 5) is 48.7. The van der Waals surface area contributed by atoms with Gasteiger partial charge in [-0.05, 0) is 50.4 Å². The van der Waals surface area contributed by atoms with Gasteiger partial charge in [-0.3, -0.25) is 19.3 Å². The zero-order valence-corrected chi connectivity index (χ0v) is 18.0. The molecule has 2 fully saturated rings. The van der Waals surface area contributed by atoms with E-state index in [-0.39, 0.29) is 30.1 Å². The molecule has 9 heteroatoms. The van der Waals surface area contributed by atoms with E-state index in [2.05, 4.69) is 15.3 Å². The number of amides is 2. The van der Waals surface area contributed by atoms with Crippen molar-refractivity contribution in [3.8, 4) is 0 Å². The zero-order chi connectivity index (χ0) is 21.8. The number of likely N-dealkylation sites (tertiary alicyclic amines) is 2. The van der Waals surface area contributed by atoms with Crippen LogP contribution in [0.5, 0.6) is 0 Å². The lowest BCUT2D eigenvalue weighted by molar-refractivity contribution is -0.121. The summed E-state index contributed by atoms with van der Waals surface area (Å²) in [6.45, 7) is 3.03. The van der Waals surface area contributed by atoms with E-state index in [0.717, 1.165) is 45.3 Å². The molecular weight excluding hydrogens is 418 g/mol. The van der Waals surface area contributed by atoms with E-state index in [1.54, 1.807) is 24.4 Å². The molecule has 0 bridgehead atoms. The highest BCUT2D eigenvalue weighted by molar-refractivity contribution is 6.30. The number of nitrogens with zero attached hydrogens (tertiary/aromatic N) is 3. The van der Waals surface area contributed by atoms with E-state index in [9.17, 15) is 14.4 Å². The van der Waals surface area contributed by atoms with Gasteiger partial charge in [-0.1, -0.05) is 11.6 Å². The zero-order valence-electron chi connectivity index (χ0n) is 17.3. The maximum absolute atomic E-state index is 12.8. The lowest BCUT2D eigenvalue weighted by atomic mass is 9.96. The van der Waals surface area contributed by atoms with E-state index in [0.29, 0.717) is 28.6 Å². The topological polar surface area (TPSA) is 98.4 Å². The van der Waals surface area contributed by atoms with Gasteiger partial charge in [-0.15, -0.1) is 0 Å². The maximum Gasteiger partial charge on any atom is 0.270 e. The van der Waals surface area contributed by atoms with E-state index in [1.165, 1.54) is 6.20 Å². The first-order chi connectivity index (χ1) is 15.0. The number of pyridine rings is 1. The molecule has 0 aliphatic carbocycles. The number of aromatic nitrogens is 2. The average molecular weight is 444 g/mol. The molecular formula is C22H26ClN5O3. The Morgan fingerprint density at radius 1 is 1.16 bits per heavy atom. The number of nitrogens with one attached hydrogen (secondary N) is 2. The molecule has 2 N–H and O–H groups in total. The summed E-state index contributed by atoms with van der Waals surface area (Å²) >= 11 is 5.83. The molecule has 2 aromatic rings.